The highest BCUT2D eigenvalue weighted by atomic mass is 19.2. The van der Waals surface area contributed by atoms with Gasteiger partial charge >= 0.3 is 5.97 Å². The lowest BCUT2D eigenvalue weighted by molar-refractivity contribution is -0.177. The van der Waals surface area contributed by atoms with Gasteiger partial charge in [-0.3, -0.25) is 0 Å². The summed E-state index contributed by atoms with van der Waals surface area (Å²) >= 11 is 0. The molecular weight excluding hydrogens is 327 g/mol. The van der Waals surface area contributed by atoms with E-state index in [0.717, 1.165) is 0 Å². The van der Waals surface area contributed by atoms with Crippen molar-refractivity contribution in [1.29, 1.82) is 0 Å². The molecule has 0 radical (unpaired) electrons. The summed E-state index contributed by atoms with van der Waals surface area (Å²) in [7, 11) is 0. The van der Waals surface area contributed by atoms with E-state index in [9.17, 15) is 26.7 Å². The minimum Gasteiger partial charge on any atom is -0.461 e. The molecule has 1 aromatic carbocycles. The van der Waals surface area contributed by atoms with E-state index in [1.165, 1.54) is 0 Å². The first-order valence-corrected chi connectivity index (χ1v) is 6.67. The predicted octanol–water partition coefficient (Wildman–Crippen LogP) is 2.94. The summed E-state index contributed by atoms with van der Waals surface area (Å²) in [6.07, 6.45) is 0.456. The Morgan fingerprint density at radius 3 is 1.96 bits per heavy atom. The van der Waals surface area contributed by atoms with Crippen LogP contribution in [0, 0.1) is 34.5 Å². The minimum absolute atomic E-state index is 0.0628. The second-order valence-electron chi connectivity index (χ2n) is 5.19. The number of rotatable bonds is 4. The number of hydrogen-bond donors (Lipinski definition) is 0. The number of ether oxygens (including phenoxy) is 3. The molecule has 1 fully saturated rings. The van der Waals surface area contributed by atoms with Gasteiger partial charge in [-0.05, 0) is 6.42 Å². The van der Waals surface area contributed by atoms with Crippen LogP contribution in [0.4, 0.5) is 22.0 Å². The molecule has 0 aliphatic carbocycles. The SMILES string of the molecule is CCC1(COC(=O)c2c(F)c(F)c(F)c(F)c2F)COCOC1. The summed E-state index contributed by atoms with van der Waals surface area (Å²) in [6.45, 7) is 1.82. The number of carbonyl (C=O) groups excluding carboxylic acids is 1. The molecule has 1 aliphatic heterocycles. The van der Waals surface area contributed by atoms with Crippen LogP contribution in [0.2, 0.25) is 0 Å². The second kappa shape index (κ2) is 6.79. The van der Waals surface area contributed by atoms with Gasteiger partial charge in [0.25, 0.3) is 0 Å². The average molecular weight is 340 g/mol. The van der Waals surface area contributed by atoms with E-state index in [1.54, 1.807) is 6.92 Å². The van der Waals surface area contributed by atoms with Crippen molar-refractivity contribution in [2.24, 2.45) is 5.41 Å². The fourth-order valence-corrected chi connectivity index (χ4v) is 2.08. The van der Waals surface area contributed by atoms with Gasteiger partial charge in [0.1, 0.15) is 19.0 Å². The number of carbonyl (C=O) groups is 1. The number of benzene rings is 1. The first kappa shape index (κ1) is 17.6. The van der Waals surface area contributed by atoms with Gasteiger partial charge in [-0.2, -0.15) is 0 Å². The number of esters is 1. The van der Waals surface area contributed by atoms with E-state index in [-0.39, 0.29) is 26.6 Å². The molecule has 0 bridgehead atoms. The number of halogens is 5. The lowest BCUT2D eigenvalue weighted by Gasteiger charge is -2.35. The van der Waals surface area contributed by atoms with Crippen LogP contribution in [0.25, 0.3) is 0 Å². The molecule has 0 spiro atoms. The van der Waals surface area contributed by atoms with Crippen LogP contribution in [-0.4, -0.2) is 32.6 Å². The third-order valence-corrected chi connectivity index (χ3v) is 3.66. The topological polar surface area (TPSA) is 44.8 Å². The molecule has 1 aromatic rings. The third-order valence-electron chi connectivity index (χ3n) is 3.66. The molecule has 1 aliphatic rings. The highest BCUT2D eigenvalue weighted by Crippen LogP contribution is 2.28. The van der Waals surface area contributed by atoms with Crippen LogP contribution in [0.15, 0.2) is 0 Å². The minimum atomic E-state index is -2.34. The largest absolute Gasteiger partial charge is 0.461 e. The van der Waals surface area contributed by atoms with Crippen LogP contribution in [0.1, 0.15) is 23.7 Å². The average Bonchev–Trinajstić information content (AvgIpc) is 2.57. The van der Waals surface area contributed by atoms with Crippen molar-refractivity contribution >= 4 is 5.97 Å². The monoisotopic (exact) mass is 340 g/mol. The van der Waals surface area contributed by atoms with Crippen molar-refractivity contribution in [2.45, 2.75) is 13.3 Å². The van der Waals surface area contributed by atoms with Gasteiger partial charge in [0, 0.05) is 0 Å². The Labute approximate surface area is 128 Å². The van der Waals surface area contributed by atoms with Gasteiger partial charge in [-0.25, -0.2) is 26.7 Å². The van der Waals surface area contributed by atoms with Crippen molar-refractivity contribution in [3.63, 3.8) is 0 Å². The molecule has 0 atom stereocenters. The fraction of sp³-hybridized carbons (Fsp3) is 0.500. The molecule has 0 N–H and O–H groups in total. The summed E-state index contributed by atoms with van der Waals surface area (Å²) in [5.74, 6) is -12.8. The van der Waals surface area contributed by atoms with Gasteiger partial charge < -0.3 is 14.2 Å². The maximum Gasteiger partial charge on any atom is 0.344 e. The normalized spacial score (nSPS) is 17.1. The predicted molar refractivity (Wildman–Crippen MR) is 66.0 cm³/mol. The zero-order chi connectivity index (χ0) is 17.2. The Kier molecular flexibility index (Phi) is 5.20. The van der Waals surface area contributed by atoms with Crippen LogP contribution in [-0.2, 0) is 14.2 Å². The van der Waals surface area contributed by atoms with Crippen molar-refractivity contribution in [3.8, 4) is 0 Å². The Hall–Kier alpha value is -1.74. The van der Waals surface area contributed by atoms with Gasteiger partial charge in [-0.15, -0.1) is 0 Å². The fourth-order valence-electron chi connectivity index (χ4n) is 2.08. The summed E-state index contributed by atoms with van der Waals surface area (Å²) in [4.78, 5) is 11.8. The lowest BCUT2D eigenvalue weighted by Crippen LogP contribution is -2.41. The van der Waals surface area contributed by atoms with E-state index in [1.807, 2.05) is 0 Å². The first-order valence-electron chi connectivity index (χ1n) is 6.67. The molecule has 0 amide bonds. The molecule has 128 valence electrons. The van der Waals surface area contributed by atoms with E-state index >= 15 is 0 Å². The molecule has 4 nitrogen and oxygen atoms in total. The van der Waals surface area contributed by atoms with Gasteiger partial charge in [0.05, 0.1) is 18.6 Å². The summed E-state index contributed by atoms with van der Waals surface area (Å²) in [6, 6.07) is 0. The molecule has 9 heteroatoms. The lowest BCUT2D eigenvalue weighted by atomic mass is 9.87. The van der Waals surface area contributed by atoms with Gasteiger partial charge in [0.2, 0.25) is 5.82 Å². The Balaban J connectivity index is 2.21. The van der Waals surface area contributed by atoms with E-state index in [4.69, 9.17) is 14.2 Å². The smallest absolute Gasteiger partial charge is 0.344 e. The van der Waals surface area contributed by atoms with Crippen molar-refractivity contribution in [1.82, 2.24) is 0 Å². The zero-order valence-electron chi connectivity index (χ0n) is 12.1. The highest BCUT2D eigenvalue weighted by Gasteiger charge is 2.36. The summed E-state index contributed by atoms with van der Waals surface area (Å²) in [5.41, 5.74) is -2.36. The molecule has 0 aromatic heterocycles. The summed E-state index contributed by atoms with van der Waals surface area (Å²) in [5, 5.41) is 0. The van der Waals surface area contributed by atoms with Crippen molar-refractivity contribution in [3.05, 3.63) is 34.6 Å². The van der Waals surface area contributed by atoms with E-state index in [2.05, 4.69) is 0 Å². The first-order chi connectivity index (χ1) is 10.8. The maximum absolute atomic E-state index is 13.5. The van der Waals surface area contributed by atoms with E-state index in [0.29, 0.717) is 6.42 Å². The molecule has 1 saturated heterocycles. The van der Waals surface area contributed by atoms with Gasteiger partial charge in [0.15, 0.2) is 23.3 Å². The molecule has 1 heterocycles. The quantitative estimate of drug-likeness (QED) is 0.366. The van der Waals surface area contributed by atoms with Crippen LogP contribution in [0.3, 0.4) is 0 Å². The van der Waals surface area contributed by atoms with Crippen molar-refractivity contribution < 1.29 is 41.0 Å². The van der Waals surface area contributed by atoms with Crippen LogP contribution >= 0.6 is 0 Å². The van der Waals surface area contributed by atoms with Crippen LogP contribution < -0.4 is 0 Å². The Morgan fingerprint density at radius 2 is 1.48 bits per heavy atom. The van der Waals surface area contributed by atoms with Crippen molar-refractivity contribution in [2.75, 3.05) is 26.6 Å². The van der Waals surface area contributed by atoms with E-state index < -0.39 is 46.0 Å². The Morgan fingerprint density at radius 1 is 1.00 bits per heavy atom. The van der Waals surface area contributed by atoms with Gasteiger partial charge in [-0.1, -0.05) is 6.92 Å². The molecular formula is C14H13F5O4. The van der Waals surface area contributed by atoms with Crippen LogP contribution in [0.5, 0.6) is 0 Å². The highest BCUT2D eigenvalue weighted by molar-refractivity contribution is 5.90. The number of hydrogen-bond acceptors (Lipinski definition) is 4. The zero-order valence-corrected chi connectivity index (χ0v) is 12.1. The standard InChI is InChI=1S/C14H13F5O4/c1-2-14(3-21-6-22-4-14)5-23-13(20)7-8(15)10(17)12(19)11(18)9(7)16/h2-6H2,1H3. The Bertz CT molecular complexity index is 585. The molecule has 23 heavy (non-hydrogen) atoms. The molecule has 0 saturated carbocycles. The molecule has 2 rings (SSSR count). The second-order valence-corrected chi connectivity index (χ2v) is 5.19. The maximum atomic E-state index is 13.5. The molecule has 0 unspecified atom stereocenters. The summed E-state index contributed by atoms with van der Waals surface area (Å²) < 4.78 is 81.1. The third kappa shape index (κ3) is 3.30.